The molecule has 0 bridgehead atoms. The van der Waals surface area contributed by atoms with Gasteiger partial charge in [0.2, 0.25) is 0 Å². The summed E-state index contributed by atoms with van der Waals surface area (Å²) in [6.07, 6.45) is 0. The Bertz CT molecular complexity index is 320. The normalized spacial score (nSPS) is 10.5. The summed E-state index contributed by atoms with van der Waals surface area (Å²) in [5.41, 5.74) is 5.84. The molecule has 4 nitrogen and oxygen atoms in total. The molecule has 1 aromatic heterocycles. The Kier molecular flexibility index (Phi) is 2.87. The Labute approximate surface area is 80.7 Å². The summed E-state index contributed by atoms with van der Waals surface area (Å²) in [5, 5.41) is 1.29. The van der Waals surface area contributed by atoms with Gasteiger partial charge in [-0.2, -0.15) is 0 Å². The van der Waals surface area contributed by atoms with Crippen LogP contribution in [0, 0.1) is 0 Å². The summed E-state index contributed by atoms with van der Waals surface area (Å²) in [4.78, 5) is 15.2. The number of methoxy groups -OCH3 is 1. The van der Waals surface area contributed by atoms with Crippen molar-refractivity contribution >= 4 is 22.3 Å². The van der Waals surface area contributed by atoms with Gasteiger partial charge in [0.05, 0.1) is 12.1 Å². The number of rotatable bonds is 2. The molecule has 0 saturated heterocycles. The van der Waals surface area contributed by atoms with Crippen LogP contribution in [0.1, 0.15) is 35.3 Å². The number of thiazole rings is 1. The molecular formula is C8H12N2O2S. The molecule has 0 spiro atoms. The van der Waals surface area contributed by atoms with E-state index in [9.17, 15) is 4.79 Å². The molecule has 0 atom stereocenters. The first-order valence-corrected chi connectivity index (χ1v) is 4.72. The molecule has 1 heterocycles. The molecule has 0 aliphatic heterocycles. The van der Waals surface area contributed by atoms with Gasteiger partial charge < -0.3 is 10.5 Å². The minimum absolute atomic E-state index is 0.233. The number of carbonyl (C=O) groups is 1. The van der Waals surface area contributed by atoms with Crippen LogP contribution >= 0.6 is 11.3 Å². The average Bonchev–Trinajstić information content (AvgIpc) is 2.46. The van der Waals surface area contributed by atoms with Crippen molar-refractivity contribution in [3.63, 3.8) is 0 Å². The molecule has 0 unspecified atom stereocenters. The van der Waals surface area contributed by atoms with E-state index in [-0.39, 0.29) is 11.6 Å². The molecule has 0 fully saturated rings. The number of nitrogen functional groups attached to an aromatic ring is 1. The molecule has 72 valence electrons. The molecule has 5 heteroatoms. The van der Waals surface area contributed by atoms with E-state index in [1.165, 1.54) is 18.4 Å². The maximum Gasteiger partial charge on any atom is 0.359 e. The third kappa shape index (κ3) is 1.98. The highest BCUT2D eigenvalue weighted by Gasteiger charge is 2.17. The first kappa shape index (κ1) is 9.98. The Morgan fingerprint density at radius 3 is 2.62 bits per heavy atom. The standard InChI is InChI=1S/C8H12N2O2S/c1-4(2)7-10-5(6(9)13-7)8(11)12-3/h4H,9H2,1-3H3. The van der Waals surface area contributed by atoms with Crippen LogP contribution in [0.5, 0.6) is 0 Å². The SMILES string of the molecule is COC(=O)c1nc(C(C)C)sc1N. The van der Waals surface area contributed by atoms with Crippen molar-refractivity contribution in [2.75, 3.05) is 12.8 Å². The van der Waals surface area contributed by atoms with Gasteiger partial charge >= 0.3 is 5.97 Å². The maximum atomic E-state index is 11.1. The summed E-state index contributed by atoms with van der Waals surface area (Å²) in [7, 11) is 1.32. The average molecular weight is 200 g/mol. The van der Waals surface area contributed by atoms with E-state index in [4.69, 9.17) is 5.73 Å². The fourth-order valence-electron chi connectivity index (χ4n) is 0.839. The van der Waals surface area contributed by atoms with E-state index in [0.29, 0.717) is 5.00 Å². The second kappa shape index (κ2) is 3.74. The third-order valence-corrected chi connectivity index (χ3v) is 2.73. The van der Waals surface area contributed by atoms with Crippen molar-refractivity contribution in [2.24, 2.45) is 0 Å². The number of anilines is 1. The number of nitrogens with two attached hydrogens (primary N) is 1. The summed E-state index contributed by atoms with van der Waals surface area (Å²) in [6, 6.07) is 0. The minimum atomic E-state index is -0.472. The largest absolute Gasteiger partial charge is 0.464 e. The van der Waals surface area contributed by atoms with Gasteiger partial charge in [0.15, 0.2) is 5.69 Å². The Morgan fingerprint density at radius 2 is 2.23 bits per heavy atom. The van der Waals surface area contributed by atoms with Crippen molar-refractivity contribution in [1.29, 1.82) is 0 Å². The maximum absolute atomic E-state index is 11.1. The lowest BCUT2D eigenvalue weighted by Gasteiger charge is -1.95. The number of carbonyl (C=O) groups excluding carboxylic acids is 1. The van der Waals surface area contributed by atoms with E-state index in [2.05, 4.69) is 9.72 Å². The van der Waals surface area contributed by atoms with Gasteiger partial charge in [-0.1, -0.05) is 13.8 Å². The number of ether oxygens (including phenoxy) is 1. The van der Waals surface area contributed by atoms with Crippen molar-refractivity contribution in [1.82, 2.24) is 4.98 Å². The van der Waals surface area contributed by atoms with Gasteiger partial charge in [0.25, 0.3) is 0 Å². The van der Waals surface area contributed by atoms with Crippen LogP contribution in [0.2, 0.25) is 0 Å². The van der Waals surface area contributed by atoms with Gasteiger partial charge in [0.1, 0.15) is 5.00 Å². The molecule has 0 amide bonds. The fourth-order valence-corrected chi connectivity index (χ4v) is 1.66. The zero-order valence-corrected chi connectivity index (χ0v) is 8.64. The Morgan fingerprint density at radius 1 is 1.62 bits per heavy atom. The highest BCUT2D eigenvalue weighted by atomic mass is 32.1. The van der Waals surface area contributed by atoms with Gasteiger partial charge in [-0.15, -0.1) is 11.3 Å². The number of hydrogen-bond acceptors (Lipinski definition) is 5. The van der Waals surface area contributed by atoms with Crippen LogP contribution < -0.4 is 5.73 Å². The first-order valence-electron chi connectivity index (χ1n) is 3.90. The topological polar surface area (TPSA) is 65.2 Å². The quantitative estimate of drug-likeness (QED) is 0.737. The molecule has 1 aromatic rings. The van der Waals surface area contributed by atoms with Crippen LogP contribution in [-0.4, -0.2) is 18.1 Å². The lowest BCUT2D eigenvalue weighted by molar-refractivity contribution is 0.0596. The molecule has 0 saturated carbocycles. The second-order valence-electron chi connectivity index (χ2n) is 2.91. The van der Waals surface area contributed by atoms with E-state index in [1.54, 1.807) is 0 Å². The number of aromatic nitrogens is 1. The van der Waals surface area contributed by atoms with Gasteiger partial charge in [-0.25, -0.2) is 9.78 Å². The molecule has 0 radical (unpaired) electrons. The number of esters is 1. The highest BCUT2D eigenvalue weighted by Crippen LogP contribution is 2.26. The molecule has 2 N–H and O–H groups in total. The van der Waals surface area contributed by atoms with E-state index in [1.807, 2.05) is 13.8 Å². The van der Waals surface area contributed by atoms with Gasteiger partial charge in [0, 0.05) is 5.92 Å². The van der Waals surface area contributed by atoms with Gasteiger partial charge in [-0.05, 0) is 0 Å². The lowest BCUT2D eigenvalue weighted by atomic mass is 10.2. The van der Waals surface area contributed by atoms with E-state index >= 15 is 0 Å². The fraction of sp³-hybridized carbons (Fsp3) is 0.500. The molecular weight excluding hydrogens is 188 g/mol. The predicted octanol–water partition coefficient (Wildman–Crippen LogP) is 1.64. The monoisotopic (exact) mass is 200 g/mol. The van der Waals surface area contributed by atoms with Gasteiger partial charge in [-0.3, -0.25) is 0 Å². The molecule has 1 rings (SSSR count). The molecule has 0 aromatic carbocycles. The third-order valence-electron chi connectivity index (χ3n) is 1.54. The zero-order chi connectivity index (χ0) is 10.0. The van der Waals surface area contributed by atoms with Crippen LogP contribution in [-0.2, 0) is 4.74 Å². The smallest absolute Gasteiger partial charge is 0.359 e. The summed E-state index contributed by atoms with van der Waals surface area (Å²) in [5.74, 6) is -0.189. The second-order valence-corrected chi connectivity index (χ2v) is 3.97. The van der Waals surface area contributed by atoms with Crippen molar-refractivity contribution in [3.05, 3.63) is 10.7 Å². The van der Waals surface area contributed by atoms with Crippen molar-refractivity contribution in [3.8, 4) is 0 Å². The van der Waals surface area contributed by atoms with Crippen LogP contribution in [0.25, 0.3) is 0 Å². The van der Waals surface area contributed by atoms with Crippen LogP contribution in [0.15, 0.2) is 0 Å². The number of nitrogens with zero attached hydrogens (tertiary/aromatic N) is 1. The highest BCUT2D eigenvalue weighted by molar-refractivity contribution is 7.16. The summed E-state index contributed by atoms with van der Waals surface area (Å²) in [6.45, 7) is 4.00. The Balaban J connectivity index is 3.03. The van der Waals surface area contributed by atoms with Crippen LogP contribution in [0.3, 0.4) is 0 Å². The van der Waals surface area contributed by atoms with E-state index in [0.717, 1.165) is 5.01 Å². The molecule has 0 aliphatic rings. The molecule has 13 heavy (non-hydrogen) atoms. The summed E-state index contributed by atoms with van der Waals surface area (Å²) < 4.78 is 4.54. The lowest BCUT2D eigenvalue weighted by Crippen LogP contribution is -2.04. The van der Waals surface area contributed by atoms with E-state index < -0.39 is 5.97 Å². The Hall–Kier alpha value is -1.10. The first-order chi connectivity index (χ1) is 6.06. The summed E-state index contributed by atoms with van der Waals surface area (Å²) >= 11 is 1.33. The van der Waals surface area contributed by atoms with Crippen molar-refractivity contribution in [2.45, 2.75) is 19.8 Å². The zero-order valence-electron chi connectivity index (χ0n) is 7.83. The molecule has 0 aliphatic carbocycles. The predicted molar refractivity (Wildman–Crippen MR) is 52.0 cm³/mol. The van der Waals surface area contributed by atoms with Crippen LogP contribution in [0.4, 0.5) is 5.00 Å². The number of hydrogen-bond donors (Lipinski definition) is 1. The minimum Gasteiger partial charge on any atom is -0.464 e. The van der Waals surface area contributed by atoms with Crippen molar-refractivity contribution < 1.29 is 9.53 Å².